The molecule has 0 aliphatic rings. The average Bonchev–Trinajstić information content (AvgIpc) is 2.98. The van der Waals surface area contributed by atoms with Crippen LogP contribution in [0.1, 0.15) is 18.2 Å². The summed E-state index contributed by atoms with van der Waals surface area (Å²) in [6.45, 7) is 1.78. The highest BCUT2D eigenvalue weighted by Crippen LogP contribution is 2.21. The van der Waals surface area contributed by atoms with Crippen LogP contribution in [0.15, 0.2) is 48.8 Å². The lowest BCUT2D eigenvalue weighted by Crippen LogP contribution is -2.42. The van der Waals surface area contributed by atoms with Crippen molar-refractivity contribution in [2.45, 2.75) is 31.9 Å². The zero-order chi connectivity index (χ0) is 18.7. The molecule has 0 aliphatic heterocycles. The molecule has 3 aromatic rings. The topological polar surface area (TPSA) is 66.6 Å². The van der Waals surface area contributed by atoms with Crippen molar-refractivity contribution in [3.05, 3.63) is 70.1 Å². The quantitative estimate of drug-likeness (QED) is 0.677. The molecule has 136 valence electrons. The summed E-state index contributed by atoms with van der Waals surface area (Å²) >= 11 is 12.1. The molecule has 1 amide bonds. The molecule has 5 nitrogen and oxygen atoms in total. The predicted molar refractivity (Wildman–Crippen MR) is 103 cm³/mol. The number of aliphatic hydroxyl groups excluding tert-OH is 1. The molecule has 2 aromatic heterocycles. The van der Waals surface area contributed by atoms with Gasteiger partial charge in [-0.2, -0.15) is 0 Å². The van der Waals surface area contributed by atoms with Crippen molar-refractivity contribution < 1.29 is 9.90 Å². The van der Waals surface area contributed by atoms with E-state index in [0.717, 1.165) is 5.56 Å². The lowest BCUT2D eigenvalue weighted by atomic mass is 10.0. The second-order valence-corrected chi connectivity index (χ2v) is 7.10. The van der Waals surface area contributed by atoms with Crippen LogP contribution in [0.25, 0.3) is 5.65 Å². The molecule has 0 unspecified atom stereocenters. The Morgan fingerprint density at radius 3 is 2.73 bits per heavy atom. The Morgan fingerprint density at radius 2 is 2.00 bits per heavy atom. The number of aliphatic hydroxyl groups is 1. The minimum Gasteiger partial charge on any atom is -0.391 e. The number of aromatic nitrogens is 2. The minimum atomic E-state index is -0.671. The smallest absolute Gasteiger partial charge is 0.226 e. The van der Waals surface area contributed by atoms with Gasteiger partial charge in [-0.3, -0.25) is 4.79 Å². The number of nitrogens with zero attached hydrogens (tertiary/aromatic N) is 2. The summed E-state index contributed by atoms with van der Waals surface area (Å²) in [5, 5.41) is 14.0. The van der Waals surface area contributed by atoms with Crippen LogP contribution >= 0.6 is 23.2 Å². The monoisotopic (exact) mass is 391 g/mol. The number of hydrogen-bond acceptors (Lipinski definition) is 3. The Kier molecular flexibility index (Phi) is 5.81. The molecule has 0 fully saturated rings. The summed E-state index contributed by atoms with van der Waals surface area (Å²) in [6, 6.07) is 10.9. The molecule has 2 atom stereocenters. The second-order valence-electron chi connectivity index (χ2n) is 6.26. The number of carbonyl (C=O) groups is 1. The van der Waals surface area contributed by atoms with Gasteiger partial charge in [-0.25, -0.2) is 4.98 Å². The zero-order valence-corrected chi connectivity index (χ0v) is 15.7. The van der Waals surface area contributed by atoms with Crippen molar-refractivity contribution in [2.75, 3.05) is 0 Å². The Hall–Kier alpha value is -2.08. The number of halogens is 2. The summed E-state index contributed by atoms with van der Waals surface area (Å²) in [5.74, 6) is -0.213. The van der Waals surface area contributed by atoms with Crippen molar-refractivity contribution in [2.24, 2.45) is 0 Å². The van der Waals surface area contributed by atoms with Gasteiger partial charge in [0.05, 0.1) is 34.3 Å². The molecule has 2 heterocycles. The summed E-state index contributed by atoms with van der Waals surface area (Å²) in [4.78, 5) is 16.6. The van der Waals surface area contributed by atoms with Gasteiger partial charge < -0.3 is 14.8 Å². The first-order chi connectivity index (χ1) is 12.4. The Labute approximate surface area is 161 Å². The highest BCUT2D eigenvalue weighted by Gasteiger charge is 2.18. The minimum absolute atomic E-state index is 0.0953. The molecular formula is C19H19Cl2N3O2. The molecule has 0 saturated heterocycles. The lowest BCUT2D eigenvalue weighted by Gasteiger charge is -2.20. The van der Waals surface area contributed by atoms with Crippen LogP contribution in [0.4, 0.5) is 0 Å². The number of carbonyl (C=O) groups excluding carboxylic acids is 1. The van der Waals surface area contributed by atoms with Crippen molar-refractivity contribution in [1.29, 1.82) is 0 Å². The van der Waals surface area contributed by atoms with Gasteiger partial charge >= 0.3 is 0 Å². The van der Waals surface area contributed by atoms with Crippen molar-refractivity contribution in [1.82, 2.24) is 14.7 Å². The van der Waals surface area contributed by atoms with E-state index in [4.69, 9.17) is 23.2 Å². The van der Waals surface area contributed by atoms with Gasteiger partial charge in [-0.05, 0) is 18.6 Å². The van der Waals surface area contributed by atoms with E-state index in [1.807, 2.05) is 30.3 Å². The molecule has 7 heteroatoms. The van der Waals surface area contributed by atoms with Crippen molar-refractivity contribution in [3.63, 3.8) is 0 Å². The van der Waals surface area contributed by atoms with E-state index in [0.29, 0.717) is 27.8 Å². The molecule has 0 spiro atoms. The molecule has 0 aliphatic carbocycles. The SMILES string of the molecule is C[C@H](NC(=O)Cc1cn2cc(Cl)cc(Cl)c2n1)[C@H](O)Cc1ccccc1. The number of hydrogen-bond donors (Lipinski definition) is 2. The Bertz CT molecular complexity index is 912. The van der Waals surface area contributed by atoms with Crippen LogP contribution in [-0.2, 0) is 17.6 Å². The molecule has 26 heavy (non-hydrogen) atoms. The number of rotatable bonds is 6. The normalized spacial score (nSPS) is 13.5. The van der Waals surface area contributed by atoms with Crippen LogP contribution in [0.2, 0.25) is 10.0 Å². The van der Waals surface area contributed by atoms with Crippen LogP contribution in [0.3, 0.4) is 0 Å². The molecule has 3 rings (SSSR count). The lowest BCUT2D eigenvalue weighted by molar-refractivity contribution is -0.121. The van der Waals surface area contributed by atoms with Crippen molar-refractivity contribution >= 4 is 34.8 Å². The molecule has 2 N–H and O–H groups in total. The third-order valence-electron chi connectivity index (χ3n) is 4.12. The standard InChI is InChI=1S/C19H19Cl2N3O2/c1-12(17(25)7-13-5-3-2-4-6-13)22-18(26)9-15-11-24-10-14(20)8-16(21)19(24)23-15/h2-6,8,10-12,17,25H,7,9H2,1H3,(H,22,26)/t12-,17+/m0/s1. The number of imidazole rings is 1. The summed E-state index contributed by atoms with van der Waals surface area (Å²) < 4.78 is 1.70. The van der Waals surface area contributed by atoms with E-state index < -0.39 is 6.10 Å². The zero-order valence-electron chi connectivity index (χ0n) is 14.2. The van der Waals surface area contributed by atoms with E-state index in [2.05, 4.69) is 10.3 Å². The van der Waals surface area contributed by atoms with Gasteiger partial charge in [-0.15, -0.1) is 0 Å². The van der Waals surface area contributed by atoms with Crippen LogP contribution in [0.5, 0.6) is 0 Å². The van der Waals surface area contributed by atoms with Gasteiger partial charge in [-0.1, -0.05) is 53.5 Å². The summed E-state index contributed by atoms with van der Waals surface area (Å²) in [7, 11) is 0. The van der Waals surface area contributed by atoms with Gasteiger partial charge in [0.25, 0.3) is 0 Å². The van der Waals surface area contributed by atoms with Gasteiger partial charge in [0.1, 0.15) is 0 Å². The number of benzene rings is 1. The van der Waals surface area contributed by atoms with E-state index in [-0.39, 0.29) is 18.4 Å². The van der Waals surface area contributed by atoms with Crippen LogP contribution in [-0.4, -0.2) is 32.5 Å². The largest absolute Gasteiger partial charge is 0.391 e. The fourth-order valence-corrected chi connectivity index (χ4v) is 3.29. The molecule has 0 bridgehead atoms. The van der Waals surface area contributed by atoms with Crippen LogP contribution in [0, 0.1) is 0 Å². The Balaban J connectivity index is 1.60. The number of amides is 1. The third-order valence-corrected chi connectivity index (χ3v) is 4.60. The number of fused-ring (bicyclic) bond motifs is 1. The number of nitrogens with one attached hydrogen (secondary N) is 1. The highest BCUT2D eigenvalue weighted by atomic mass is 35.5. The number of pyridine rings is 1. The predicted octanol–water partition coefficient (Wildman–Crippen LogP) is 3.29. The highest BCUT2D eigenvalue weighted by molar-refractivity contribution is 6.36. The van der Waals surface area contributed by atoms with Crippen molar-refractivity contribution in [3.8, 4) is 0 Å². The van der Waals surface area contributed by atoms with E-state index >= 15 is 0 Å². The fraction of sp³-hybridized carbons (Fsp3) is 0.263. The fourth-order valence-electron chi connectivity index (χ4n) is 2.76. The Morgan fingerprint density at radius 1 is 1.27 bits per heavy atom. The molecule has 0 saturated carbocycles. The summed E-state index contributed by atoms with van der Waals surface area (Å²) in [5.41, 5.74) is 2.15. The molecule has 0 radical (unpaired) electrons. The van der Waals surface area contributed by atoms with E-state index in [9.17, 15) is 9.90 Å². The second kappa shape index (κ2) is 8.08. The molecular weight excluding hydrogens is 373 g/mol. The van der Waals surface area contributed by atoms with E-state index in [1.165, 1.54) is 0 Å². The maximum Gasteiger partial charge on any atom is 0.226 e. The van der Waals surface area contributed by atoms with E-state index in [1.54, 1.807) is 29.8 Å². The van der Waals surface area contributed by atoms with Gasteiger partial charge in [0.2, 0.25) is 5.91 Å². The van der Waals surface area contributed by atoms with Gasteiger partial charge in [0, 0.05) is 18.8 Å². The average molecular weight is 392 g/mol. The molecule has 1 aromatic carbocycles. The maximum atomic E-state index is 12.3. The van der Waals surface area contributed by atoms with Crippen LogP contribution < -0.4 is 5.32 Å². The third kappa shape index (κ3) is 4.55. The first kappa shape index (κ1) is 18.7. The first-order valence-electron chi connectivity index (χ1n) is 8.26. The first-order valence-corrected chi connectivity index (χ1v) is 9.02. The summed E-state index contributed by atoms with van der Waals surface area (Å²) in [6.07, 6.45) is 3.31. The maximum absolute atomic E-state index is 12.3. The van der Waals surface area contributed by atoms with Gasteiger partial charge in [0.15, 0.2) is 5.65 Å².